The summed E-state index contributed by atoms with van der Waals surface area (Å²) in [6.45, 7) is 0.853. The van der Waals surface area contributed by atoms with E-state index in [0.29, 0.717) is 26.1 Å². The van der Waals surface area contributed by atoms with Gasteiger partial charge < -0.3 is 29.3 Å². The second-order valence-corrected chi connectivity index (χ2v) is 12.0. The molecular formula is C42H40MgN2O6. The number of carboxylic acids is 2. The van der Waals surface area contributed by atoms with Gasteiger partial charge in [0.05, 0.1) is 22.4 Å². The molecule has 0 aliphatic rings. The first-order valence-corrected chi connectivity index (χ1v) is 16.9. The van der Waals surface area contributed by atoms with Gasteiger partial charge in [-0.1, -0.05) is 72.8 Å². The van der Waals surface area contributed by atoms with Crippen LogP contribution in [0.4, 0.5) is 0 Å². The van der Waals surface area contributed by atoms with Gasteiger partial charge in [0.15, 0.2) is 0 Å². The fourth-order valence-electron chi connectivity index (χ4n) is 5.39. The normalized spacial score (nSPS) is 10.5. The molecule has 0 saturated carbocycles. The molecule has 0 spiro atoms. The van der Waals surface area contributed by atoms with E-state index in [1.165, 1.54) is 11.1 Å². The average Bonchev–Trinajstić information content (AvgIpc) is 3.14. The number of hydrogen-bond acceptors (Lipinski definition) is 8. The summed E-state index contributed by atoms with van der Waals surface area (Å²) in [5.41, 5.74) is 6.07. The third-order valence-electron chi connectivity index (χ3n) is 8.13. The summed E-state index contributed by atoms with van der Waals surface area (Å²) < 4.78 is 11.6. The molecule has 2 heterocycles. The van der Waals surface area contributed by atoms with Gasteiger partial charge in [0.1, 0.15) is 24.7 Å². The van der Waals surface area contributed by atoms with Gasteiger partial charge in [-0.3, -0.25) is 0 Å². The molecule has 0 amide bonds. The van der Waals surface area contributed by atoms with Crippen LogP contribution in [0.25, 0.3) is 21.8 Å². The molecule has 0 saturated heterocycles. The van der Waals surface area contributed by atoms with Crippen molar-refractivity contribution >= 4 is 56.8 Å². The van der Waals surface area contributed by atoms with E-state index < -0.39 is 11.9 Å². The zero-order chi connectivity index (χ0) is 35.0. The molecule has 4 aromatic carbocycles. The molecule has 8 nitrogen and oxygen atoms in total. The van der Waals surface area contributed by atoms with Crippen LogP contribution in [-0.4, -0.2) is 45.0 Å². The van der Waals surface area contributed by atoms with Gasteiger partial charge in [0.25, 0.3) is 0 Å². The molecule has 6 rings (SSSR count). The Balaban J connectivity index is 0.000000224. The molecule has 0 unspecified atom stereocenters. The van der Waals surface area contributed by atoms with E-state index >= 15 is 0 Å². The summed E-state index contributed by atoms with van der Waals surface area (Å²) in [7, 11) is 0. The maximum Gasteiger partial charge on any atom is 2.00 e. The number of aromatic nitrogens is 2. The number of carbonyl (C=O) groups excluding carboxylic acids is 2. The first kappa shape index (κ1) is 38.8. The molecule has 0 fully saturated rings. The number of hydrogen-bond donors (Lipinski definition) is 0. The summed E-state index contributed by atoms with van der Waals surface area (Å²) in [5.74, 6) is -0.362. The van der Waals surface area contributed by atoms with Gasteiger partial charge in [0.2, 0.25) is 0 Å². The first-order chi connectivity index (χ1) is 24.4. The Morgan fingerprint density at radius 3 is 1.27 bits per heavy atom. The Hall–Kier alpha value is -4.99. The number of para-hydroxylation sites is 2. The number of carbonyl (C=O) groups is 2. The van der Waals surface area contributed by atoms with Crippen molar-refractivity contribution in [2.75, 3.05) is 0 Å². The minimum Gasteiger partial charge on any atom is -0.550 e. The van der Waals surface area contributed by atoms with Crippen LogP contribution in [0.15, 0.2) is 121 Å². The minimum atomic E-state index is -0.981. The van der Waals surface area contributed by atoms with E-state index in [9.17, 15) is 19.8 Å². The third kappa shape index (κ3) is 13.3. The maximum absolute atomic E-state index is 10.4. The summed E-state index contributed by atoms with van der Waals surface area (Å²) in [6, 6.07) is 39.9. The van der Waals surface area contributed by atoms with Gasteiger partial charge in [-0.15, -0.1) is 0 Å². The molecular weight excluding hydrogens is 653 g/mol. The molecule has 0 bridgehead atoms. The topological polar surface area (TPSA) is 124 Å². The van der Waals surface area contributed by atoms with Crippen LogP contribution in [0.1, 0.15) is 61.0 Å². The van der Waals surface area contributed by atoms with Gasteiger partial charge in [-0.25, -0.2) is 9.97 Å². The number of carboxylic acid groups (broad SMARTS) is 2. The number of aryl methyl sites for hydroxylation is 2. The van der Waals surface area contributed by atoms with E-state index in [-0.39, 0.29) is 35.9 Å². The van der Waals surface area contributed by atoms with Crippen molar-refractivity contribution < 1.29 is 29.3 Å². The largest absolute Gasteiger partial charge is 2.00 e. The fourth-order valence-corrected chi connectivity index (χ4v) is 5.39. The summed E-state index contributed by atoms with van der Waals surface area (Å²) in [5, 5.41) is 23.0. The summed E-state index contributed by atoms with van der Waals surface area (Å²) in [6.07, 6.45) is 4.95. The molecule has 0 N–H and O–H groups in total. The predicted molar refractivity (Wildman–Crippen MR) is 196 cm³/mol. The van der Waals surface area contributed by atoms with Crippen LogP contribution >= 0.6 is 0 Å². The van der Waals surface area contributed by atoms with Gasteiger partial charge in [0, 0.05) is 22.7 Å². The van der Waals surface area contributed by atoms with Crippen LogP contribution in [0.3, 0.4) is 0 Å². The van der Waals surface area contributed by atoms with Crippen molar-refractivity contribution in [1.82, 2.24) is 9.97 Å². The molecule has 51 heavy (non-hydrogen) atoms. The molecule has 0 atom stereocenters. The number of unbranched alkanes of at least 4 members (excludes halogenated alkanes) is 2. The second kappa shape index (κ2) is 20.6. The van der Waals surface area contributed by atoms with E-state index in [4.69, 9.17) is 9.47 Å². The zero-order valence-corrected chi connectivity index (χ0v) is 30.1. The van der Waals surface area contributed by atoms with Crippen molar-refractivity contribution in [1.29, 1.82) is 0 Å². The third-order valence-corrected chi connectivity index (χ3v) is 8.13. The van der Waals surface area contributed by atoms with E-state index in [1.54, 1.807) is 0 Å². The monoisotopic (exact) mass is 692 g/mol. The predicted octanol–water partition coefficient (Wildman–Crippen LogP) is 6.17. The van der Waals surface area contributed by atoms with Crippen molar-refractivity contribution in [2.24, 2.45) is 0 Å². The molecule has 0 aliphatic carbocycles. The van der Waals surface area contributed by atoms with Crippen molar-refractivity contribution in [3.05, 3.63) is 144 Å². The molecule has 2 aromatic heterocycles. The van der Waals surface area contributed by atoms with Crippen LogP contribution in [0, 0.1) is 0 Å². The van der Waals surface area contributed by atoms with Crippen molar-refractivity contribution in [3.8, 4) is 11.5 Å². The number of rotatable bonds is 16. The number of nitrogens with zero attached hydrogens (tertiary/aromatic N) is 2. The van der Waals surface area contributed by atoms with Gasteiger partial charge >= 0.3 is 23.1 Å². The average molecular weight is 693 g/mol. The van der Waals surface area contributed by atoms with Crippen LogP contribution in [0.5, 0.6) is 11.5 Å². The zero-order valence-electron chi connectivity index (χ0n) is 28.7. The van der Waals surface area contributed by atoms with Crippen LogP contribution in [0.2, 0.25) is 0 Å². The molecule has 0 aliphatic heterocycles. The smallest absolute Gasteiger partial charge is 0.550 e. The number of benzene rings is 4. The van der Waals surface area contributed by atoms with Crippen molar-refractivity contribution in [3.63, 3.8) is 0 Å². The van der Waals surface area contributed by atoms with Crippen LogP contribution in [-0.2, 0) is 35.6 Å². The maximum atomic E-state index is 10.4. The summed E-state index contributed by atoms with van der Waals surface area (Å²) >= 11 is 0. The van der Waals surface area contributed by atoms with Gasteiger partial charge in [-0.2, -0.15) is 0 Å². The first-order valence-electron chi connectivity index (χ1n) is 16.9. The number of aliphatic carboxylic acids is 2. The SMILES string of the molecule is O=C([O-])CCCCc1ccc(OCc2ccc3ccccc3n2)cc1.O=C([O-])CCCCc1ccc(OCc2ccc3ccccc3n2)cc1.[Mg+2]. The Labute approximate surface area is 314 Å². The Morgan fingerprint density at radius 1 is 0.490 bits per heavy atom. The molecule has 0 radical (unpaired) electrons. The van der Waals surface area contributed by atoms with Crippen LogP contribution < -0.4 is 19.7 Å². The Morgan fingerprint density at radius 2 is 0.882 bits per heavy atom. The van der Waals surface area contributed by atoms with E-state index in [2.05, 4.69) is 22.1 Å². The number of fused-ring (bicyclic) bond motifs is 2. The molecule has 6 aromatic rings. The second-order valence-electron chi connectivity index (χ2n) is 12.0. The van der Waals surface area contributed by atoms with E-state index in [1.807, 2.05) is 109 Å². The minimum absolute atomic E-state index is 0. The van der Waals surface area contributed by atoms with E-state index in [0.717, 1.165) is 70.4 Å². The number of pyridine rings is 2. The standard InChI is InChI=1S/2C21H21NO3.Mg/c2*23-21(24)8-4-1-5-16-9-13-19(14-10-16)25-15-18-12-11-17-6-2-3-7-20(17)22-18;/h2*2-3,6-7,9-14H,1,4-5,8,15H2,(H,23,24);/q;;+2/p-2. The van der Waals surface area contributed by atoms with Gasteiger partial charge in [-0.05, 0) is 111 Å². The fraction of sp³-hybridized carbons (Fsp3) is 0.238. The Bertz CT molecular complexity index is 1840. The molecule has 9 heteroatoms. The summed E-state index contributed by atoms with van der Waals surface area (Å²) in [4.78, 5) is 30.0. The Kier molecular flexibility index (Phi) is 15.7. The number of ether oxygens (including phenoxy) is 2. The quantitative estimate of drug-likeness (QED) is 0.0871. The molecule has 256 valence electrons. The van der Waals surface area contributed by atoms with Crippen molar-refractivity contribution in [2.45, 2.75) is 64.6 Å².